The number of terminal acetylenes is 1. The molecule has 1 aliphatic carbocycles. The number of amides is 1. The van der Waals surface area contributed by atoms with E-state index in [1.165, 1.54) is 25.1 Å². The molecule has 1 aromatic heterocycles. The van der Waals surface area contributed by atoms with Crippen LogP contribution in [0.5, 0.6) is 0 Å². The Morgan fingerprint density at radius 3 is 2.72 bits per heavy atom. The number of ketones is 1. The maximum Gasteiger partial charge on any atom is 0.217 e. The zero-order chi connectivity index (χ0) is 21.0. The summed E-state index contributed by atoms with van der Waals surface area (Å²) in [5.74, 6) is 2.56. The molecule has 1 aromatic carbocycles. The second-order valence-electron chi connectivity index (χ2n) is 8.04. The highest BCUT2D eigenvalue weighted by atomic mass is 16.1. The minimum absolute atomic E-state index is 0.0742. The molecule has 0 atom stereocenters. The number of benzene rings is 1. The van der Waals surface area contributed by atoms with Gasteiger partial charge in [-0.1, -0.05) is 24.1 Å². The second kappa shape index (κ2) is 8.48. The van der Waals surface area contributed by atoms with Crippen molar-refractivity contribution in [3.8, 4) is 12.3 Å². The molecule has 0 saturated heterocycles. The number of H-pyrrole nitrogens is 1. The average molecular weight is 389 g/mol. The van der Waals surface area contributed by atoms with E-state index >= 15 is 0 Å². The molecule has 5 heteroatoms. The van der Waals surface area contributed by atoms with Gasteiger partial charge in [-0.25, -0.2) is 4.98 Å². The molecule has 0 fully saturated rings. The highest BCUT2D eigenvalue weighted by Crippen LogP contribution is 2.33. The van der Waals surface area contributed by atoms with Crippen LogP contribution in [-0.4, -0.2) is 21.7 Å². The average Bonchev–Trinajstić information content (AvgIpc) is 3.17. The van der Waals surface area contributed by atoms with Crippen LogP contribution in [-0.2, 0) is 16.8 Å². The molecule has 0 unspecified atom stereocenters. The lowest BCUT2D eigenvalue weighted by Gasteiger charge is -2.28. The van der Waals surface area contributed by atoms with Crippen LogP contribution >= 0.6 is 0 Å². The van der Waals surface area contributed by atoms with Gasteiger partial charge in [0.2, 0.25) is 11.7 Å². The van der Waals surface area contributed by atoms with Crippen LogP contribution in [0.4, 0.5) is 0 Å². The fraction of sp³-hybridized carbons (Fsp3) is 0.375. The lowest BCUT2D eigenvalue weighted by Crippen LogP contribution is -2.39. The smallest absolute Gasteiger partial charge is 0.217 e. The summed E-state index contributed by atoms with van der Waals surface area (Å²) in [6, 6.07) is 6.10. The van der Waals surface area contributed by atoms with Crippen molar-refractivity contribution in [2.24, 2.45) is 0 Å². The van der Waals surface area contributed by atoms with Gasteiger partial charge in [-0.05, 0) is 67.9 Å². The Morgan fingerprint density at radius 1 is 1.31 bits per heavy atom. The van der Waals surface area contributed by atoms with Crippen molar-refractivity contribution in [3.63, 3.8) is 0 Å². The van der Waals surface area contributed by atoms with E-state index in [1.54, 1.807) is 0 Å². The van der Waals surface area contributed by atoms with Crippen molar-refractivity contribution in [2.45, 2.75) is 58.4 Å². The largest absolute Gasteiger partial charge is 0.347 e. The van der Waals surface area contributed by atoms with Gasteiger partial charge in [-0.15, -0.1) is 6.42 Å². The number of nitrogens with zero attached hydrogens (tertiary/aromatic N) is 1. The molecule has 2 aromatic rings. The quantitative estimate of drug-likeness (QED) is 0.576. The minimum Gasteiger partial charge on any atom is -0.347 e. The number of carbonyl (C=O) groups is 2. The molecule has 1 amide bonds. The van der Waals surface area contributed by atoms with Crippen LogP contribution in [0.25, 0.3) is 5.57 Å². The number of Topliss-reactive ketones (excluding diaryl/α,β-unsaturated/α-hetero) is 1. The molecule has 3 rings (SSSR count). The van der Waals surface area contributed by atoms with Gasteiger partial charge in [0.05, 0.1) is 11.7 Å². The number of imidazole rings is 1. The Balaban J connectivity index is 1.97. The molecule has 5 nitrogen and oxygen atoms in total. The number of rotatable bonds is 6. The van der Waals surface area contributed by atoms with Crippen LogP contribution in [0.15, 0.2) is 30.5 Å². The monoisotopic (exact) mass is 389 g/mol. The van der Waals surface area contributed by atoms with Crippen molar-refractivity contribution < 1.29 is 9.59 Å². The topological polar surface area (TPSA) is 74.8 Å². The van der Waals surface area contributed by atoms with Gasteiger partial charge in [-0.2, -0.15) is 0 Å². The van der Waals surface area contributed by atoms with Gasteiger partial charge in [0.25, 0.3) is 0 Å². The Kier molecular flexibility index (Phi) is 6.03. The maximum atomic E-state index is 12.8. The predicted octanol–water partition coefficient (Wildman–Crippen LogP) is 4.15. The summed E-state index contributed by atoms with van der Waals surface area (Å²) in [4.78, 5) is 31.4. The first-order chi connectivity index (χ1) is 13.8. The molecule has 0 saturated carbocycles. The third-order valence-electron chi connectivity index (χ3n) is 5.30. The lowest BCUT2D eigenvalue weighted by molar-refractivity contribution is -0.120. The van der Waals surface area contributed by atoms with E-state index in [-0.39, 0.29) is 23.9 Å². The first-order valence-corrected chi connectivity index (χ1v) is 9.96. The highest BCUT2D eigenvalue weighted by molar-refractivity contribution is 5.95. The fourth-order valence-electron chi connectivity index (χ4n) is 3.81. The van der Waals surface area contributed by atoms with Crippen molar-refractivity contribution in [1.82, 2.24) is 15.3 Å². The lowest BCUT2D eigenvalue weighted by atomic mass is 9.84. The molecule has 2 N–H and O–H groups in total. The number of hydrogen-bond donors (Lipinski definition) is 2. The Labute approximate surface area is 172 Å². The van der Waals surface area contributed by atoms with Gasteiger partial charge in [0, 0.05) is 13.3 Å². The van der Waals surface area contributed by atoms with E-state index in [9.17, 15) is 9.59 Å². The van der Waals surface area contributed by atoms with Gasteiger partial charge in [-0.3, -0.25) is 9.59 Å². The number of hydrogen-bond acceptors (Lipinski definition) is 3. The molecular formula is C24H27N3O2. The summed E-state index contributed by atoms with van der Waals surface area (Å²) >= 11 is 0. The number of nitrogens with one attached hydrogen (secondary N) is 2. The van der Waals surface area contributed by atoms with Crippen molar-refractivity contribution >= 4 is 17.3 Å². The first kappa shape index (κ1) is 20.6. The Hall–Kier alpha value is -3.13. The number of carbonyl (C=O) groups excluding carboxylic acids is 2. The zero-order valence-corrected chi connectivity index (χ0v) is 17.3. The van der Waals surface area contributed by atoms with E-state index < -0.39 is 5.54 Å². The highest BCUT2D eigenvalue weighted by Gasteiger charge is 2.24. The number of aromatic amines is 1. The molecule has 1 heterocycles. The summed E-state index contributed by atoms with van der Waals surface area (Å²) < 4.78 is 0. The van der Waals surface area contributed by atoms with Crippen LogP contribution in [0.1, 0.15) is 79.5 Å². The molecule has 150 valence electrons. The van der Waals surface area contributed by atoms with E-state index in [0.29, 0.717) is 5.69 Å². The SMILES string of the molecule is C#Cc1cnc(C(=O)Cc2ccc(C(C)(C)NC(C)=O)cc2C2=CCCCC2)[nH]1. The zero-order valence-electron chi connectivity index (χ0n) is 17.3. The maximum absolute atomic E-state index is 12.8. The Bertz CT molecular complexity index is 1010. The molecule has 1 aliphatic rings. The van der Waals surface area contributed by atoms with Crippen molar-refractivity contribution in [1.29, 1.82) is 0 Å². The first-order valence-electron chi connectivity index (χ1n) is 9.96. The van der Waals surface area contributed by atoms with Crippen molar-refractivity contribution in [3.05, 3.63) is 58.7 Å². The summed E-state index contributed by atoms with van der Waals surface area (Å²) in [6.45, 7) is 5.49. The van der Waals surface area contributed by atoms with Crippen LogP contribution in [0.3, 0.4) is 0 Å². The third-order valence-corrected chi connectivity index (χ3v) is 5.30. The summed E-state index contributed by atoms with van der Waals surface area (Å²) in [5, 5.41) is 3.00. The van der Waals surface area contributed by atoms with Gasteiger partial charge in [0.15, 0.2) is 5.82 Å². The fourth-order valence-corrected chi connectivity index (χ4v) is 3.81. The third kappa shape index (κ3) is 4.83. The standard InChI is InChI=1S/C24H27N3O2/c1-5-20-15-25-23(26-20)22(29)13-18-11-12-19(24(3,4)27-16(2)28)14-21(18)17-9-7-6-8-10-17/h1,9,11-12,14-15H,6-8,10,13H2,2-4H3,(H,25,26)(H,27,28). The van der Waals surface area contributed by atoms with Crippen LogP contribution < -0.4 is 5.32 Å². The Morgan fingerprint density at radius 2 is 2.10 bits per heavy atom. The van der Waals surface area contributed by atoms with Crippen molar-refractivity contribution in [2.75, 3.05) is 0 Å². The van der Waals surface area contributed by atoms with Gasteiger partial charge >= 0.3 is 0 Å². The molecule has 0 spiro atoms. The van der Waals surface area contributed by atoms with Gasteiger partial charge in [0.1, 0.15) is 5.69 Å². The summed E-state index contributed by atoms with van der Waals surface area (Å²) in [5.41, 5.74) is 4.32. The van der Waals surface area contributed by atoms with Crippen LogP contribution in [0.2, 0.25) is 0 Å². The van der Waals surface area contributed by atoms with E-state index in [1.807, 2.05) is 26.0 Å². The number of allylic oxidation sites excluding steroid dienone is 2. The summed E-state index contributed by atoms with van der Waals surface area (Å²) in [6.07, 6.45) is 13.7. The van der Waals surface area contributed by atoms with E-state index in [2.05, 4.69) is 33.3 Å². The molecule has 29 heavy (non-hydrogen) atoms. The van der Waals surface area contributed by atoms with E-state index in [4.69, 9.17) is 6.42 Å². The molecule has 0 bridgehead atoms. The van der Waals surface area contributed by atoms with E-state index in [0.717, 1.165) is 36.0 Å². The molecule has 0 radical (unpaired) electrons. The second-order valence-corrected chi connectivity index (χ2v) is 8.04. The minimum atomic E-state index is -0.499. The number of aromatic nitrogens is 2. The normalized spacial score (nSPS) is 14.1. The summed E-state index contributed by atoms with van der Waals surface area (Å²) in [7, 11) is 0. The van der Waals surface area contributed by atoms with Gasteiger partial charge < -0.3 is 10.3 Å². The molecular weight excluding hydrogens is 362 g/mol. The molecule has 0 aliphatic heterocycles. The predicted molar refractivity (Wildman–Crippen MR) is 114 cm³/mol. The van der Waals surface area contributed by atoms with Crippen LogP contribution in [0, 0.1) is 12.3 Å².